The Morgan fingerprint density at radius 2 is 2.22 bits per heavy atom. The fourth-order valence-corrected chi connectivity index (χ4v) is 2.81. The molecule has 98 valence electrons. The van der Waals surface area contributed by atoms with Gasteiger partial charge in [-0.05, 0) is 30.5 Å². The molecule has 0 radical (unpaired) electrons. The predicted molar refractivity (Wildman–Crippen MR) is 74.0 cm³/mol. The first-order valence-corrected chi connectivity index (χ1v) is 6.81. The molecule has 0 bridgehead atoms. The van der Waals surface area contributed by atoms with Crippen molar-refractivity contribution in [2.45, 2.75) is 25.3 Å². The number of hydrogen-bond acceptors (Lipinski definition) is 2. The van der Waals surface area contributed by atoms with Crippen LogP contribution >= 0.6 is 23.2 Å². The van der Waals surface area contributed by atoms with E-state index in [0.29, 0.717) is 23.0 Å². The third kappa shape index (κ3) is 2.97. The second-order valence-electron chi connectivity index (χ2n) is 4.53. The average molecular weight is 287 g/mol. The molecule has 3 nitrogen and oxygen atoms in total. The van der Waals surface area contributed by atoms with Gasteiger partial charge in [-0.2, -0.15) is 0 Å². The van der Waals surface area contributed by atoms with E-state index in [4.69, 9.17) is 28.9 Å². The zero-order chi connectivity index (χ0) is 13.1. The van der Waals surface area contributed by atoms with E-state index in [2.05, 4.69) is 0 Å². The molecule has 1 aliphatic heterocycles. The molecule has 2 rings (SSSR count). The van der Waals surface area contributed by atoms with E-state index in [0.717, 1.165) is 24.9 Å². The van der Waals surface area contributed by atoms with E-state index in [1.54, 1.807) is 18.2 Å². The highest BCUT2D eigenvalue weighted by molar-refractivity contribution is 6.35. The van der Waals surface area contributed by atoms with Crippen molar-refractivity contribution in [3.05, 3.63) is 33.8 Å². The predicted octanol–water partition coefficient (Wildman–Crippen LogP) is 2.49. The summed E-state index contributed by atoms with van der Waals surface area (Å²) in [6.07, 6.45) is 2.34. The Morgan fingerprint density at radius 3 is 2.89 bits per heavy atom. The lowest BCUT2D eigenvalue weighted by Crippen LogP contribution is -2.40. The molecule has 1 heterocycles. The maximum Gasteiger partial charge on any atom is 0.227 e. The van der Waals surface area contributed by atoms with Crippen molar-refractivity contribution < 1.29 is 4.79 Å². The summed E-state index contributed by atoms with van der Waals surface area (Å²) >= 11 is 11.9. The van der Waals surface area contributed by atoms with Gasteiger partial charge in [0.25, 0.3) is 0 Å². The molecule has 1 aromatic rings. The third-order valence-electron chi connectivity index (χ3n) is 3.33. The van der Waals surface area contributed by atoms with E-state index in [9.17, 15) is 4.79 Å². The van der Waals surface area contributed by atoms with Crippen molar-refractivity contribution in [2.75, 3.05) is 13.1 Å². The van der Waals surface area contributed by atoms with Gasteiger partial charge in [0.1, 0.15) is 0 Å². The number of halogens is 2. The van der Waals surface area contributed by atoms with Gasteiger partial charge in [-0.3, -0.25) is 4.79 Å². The van der Waals surface area contributed by atoms with Crippen LogP contribution in [0, 0.1) is 0 Å². The number of amides is 1. The molecular formula is C13H16Cl2N2O. The summed E-state index contributed by atoms with van der Waals surface area (Å²) < 4.78 is 0. The quantitative estimate of drug-likeness (QED) is 0.928. The van der Waals surface area contributed by atoms with Gasteiger partial charge in [-0.1, -0.05) is 29.3 Å². The second kappa shape index (κ2) is 5.91. The van der Waals surface area contributed by atoms with Crippen LogP contribution in [0.15, 0.2) is 18.2 Å². The van der Waals surface area contributed by atoms with Crippen molar-refractivity contribution >= 4 is 29.1 Å². The molecule has 1 unspecified atom stereocenters. The molecule has 1 amide bonds. The smallest absolute Gasteiger partial charge is 0.227 e. The maximum atomic E-state index is 12.2. The minimum Gasteiger partial charge on any atom is -0.338 e. The summed E-state index contributed by atoms with van der Waals surface area (Å²) in [7, 11) is 0. The standard InChI is InChI=1S/C13H16Cl2N2O/c14-10-4-3-9(12(15)7-10)6-13(18)17-5-1-2-11(17)8-16/h3-4,7,11H,1-2,5-6,8,16H2. The lowest BCUT2D eigenvalue weighted by molar-refractivity contribution is -0.131. The van der Waals surface area contributed by atoms with Crippen molar-refractivity contribution in [1.29, 1.82) is 0 Å². The van der Waals surface area contributed by atoms with E-state index in [1.165, 1.54) is 0 Å². The Kier molecular flexibility index (Phi) is 4.49. The van der Waals surface area contributed by atoms with Crippen LogP contribution in [0.25, 0.3) is 0 Å². The molecule has 1 atom stereocenters. The maximum absolute atomic E-state index is 12.2. The number of carbonyl (C=O) groups is 1. The molecule has 2 N–H and O–H groups in total. The van der Waals surface area contributed by atoms with E-state index in [-0.39, 0.29) is 11.9 Å². The zero-order valence-electron chi connectivity index (χ0n) is 10.0. The highest BCUT2D eigenvalue weighted by atomic mass is 35.5. The molecule has 5 heteroatoms. The van der Waals surface area contributed by atoms with Gasteiger partial charge in [-0.25, -0.2) is 0 Å². The fraction of sp³-hybridized carbons (Fsp3) is 0.462. The number of nitrogens with two attached hydrogens (primary N) is 1. The zero-order valence-corrected chi connectivity index (χ0v) is 11.5. The number of likely N-dealkylation sites (tertiary alicyclic amines) is 1. The van der Waals surface area contributed by atoms with Crippen molar-refractivity contribution in [3.8, 4) is 0 Å². The van der Waals surface area contributed by atoms with Crippen LogP contribution in [0.2, 0.25) is 10.0 Å². The molecule has 1 aliphatic rings. The number of carbonyl (C=O) groups excluding carboxylic acids is 1. The molecule has 0 saturated carbocycles. The fourth-order valence-electron chi connectivity index (χ4n) is 2.34. The van der Waals surface area contributed by atoms with Gasteiger partial charge in [0.05, 0.1) is 6.42 Å². The first-order chi connectivity index (χ1) is 8.61. The van der Waals surface area contributed by atoms with Crippen LogP contribution in [-0.4, -0.2) is 29.9 Å². The Morgan fingerprint density at radius 1 is 1.44 bits per heavy atom. The van der Waals surface area contributed by atoms with Crippen molar-refractivity contribution in [1.82, 2.24) is 4.90 Å². The number of nitrogens with zero attached hydrogens (tertiary/aromatic N) is 1. The Bertz CT molecular complexity index is 451. The van der Waals surface area contributed by atoms with Crippen LogP contribution in [0.1, 0.15) is 18.4 Å². The van der Waals surface area contributed by atoms with Crippen LogP contribution < -0.4 is 5.73 Å². The van der Waals surface area contributed by atoms with E-state index < -0.39 is 0 Å². The van der Waals surface area contributed by atoms with E-state index in [1.807, 2.05) is 4.90 Å². The third-order valence-corrected chi connectivity index (χ3v) is 3.91. The molecule has 18 heavy (non-hydrogen) atoms. The highest BCUT2D eigenvalue weighted by Gasteiger charge is 2.27. The van der Waals surface area contributed by atoms with Gasteiger partial charge in [0.2, 0.25) is 5.91 Å². The van der Waals surface area contributed by atoms with Crippen LogP contribution in [0.3, 0.4) is 0 Å². The minimum absolute atomic E-state index is 0.0900. The van der Waals surface area contributed by atoms with Gasteiger partial charge >= 0.3 is 0 Å². The van der Waals surface area contributed by atoms with Crippen LogP contribution in [0.5, 0.6) is 0 Å². The monoisotopic (exact) mass is 286 g/mol. The average Bonchev–Trinajstić information content (AvgIpc) is 2.81. The largest absolute Gasteiger partial charge is 0.338 e. The molecule has 1 fully saturated rings. The Hall–Kier alpha value is -0.770. The molecule has 0 aromatic heterocycles. The van der Waals surface area contributed by atoms with Gasteiger partial charge in [-0.15, -0.1) is 0 Å². The number of rotatable bonds is 3. The first kappa shape index (κ1) is 13.7. The van der Waals surface area contributed by atoms with Crippen molar-refractivity contribution in [2.24, 2.45) is 5.73 Å². The topological polar surface area (TPSA) is 46.3 Å². The van der Waals surface area contributed by atoms with Gasteiger partial charge < -0.3 is 10.6 Å². The van der Waals surface area contributed by atoms with Gasteiger partial charge in [0, 0.05) is 29.2 Å². The molecule has 1 saturated heterocycles. The normalized spacial score (nSPS) is 19.3. The molecular weight excluding hydrogens is 271 g/mol. The first-order valence-electron chi connectivity index (χ1n) is 6.05. The summed E-state index contributed by atoms with van der Waals surface area (Å²) in [4.78, 5) is 14.1. The lowest BCUT2D eigenvalue weighted by atomic mass is 10.1. The second-order valence-corrected chi connectivity index (χ2v) is 5.38. The highest BCUT2D eigenvalue weighted by Crippen LogP contribution is 2.23. The number of hydrogen-bond donors (Lipinski definition) is 1. The Balaban J connectivity index is 2.07. The summed E-state index contributed by atoms with van der Waals surface area (Å²) in [6, 6.07) is 5.40. The van der Waals surface area contributed by atoms with Crippen LogP contribution in [0.4, 0.5) is 0 Å². The minimum atomic E-state index is 0.0900. The Labute approximate surface area is 117 Å². The number of benzene rings is 1. The summed E-state index contributed by atoms with van der Waals surface area (Å²) in [5.41, 5.74) is 6.48. The molecule has 1 aromatic carbocycles. The van der Waals surface area contributed by atoms with E-state index >= 15 is 0 Å². The summed E-state index contributed by atoms with van der Waals surface area (Å²) in [5.74, 6) is 0.0900. The lowest BCUT2D eigenvalue weighted by Gasteiger charge is -2.23. The summed E-state index contributed by atoms with van der Waals surface area (Å²) in [5, 5.41) is 1.12. The molecule has 0 spiro atoms. The SMILES string of the molecule is NCC1CCCN1C(=O)Cc1ccc(Cl)cc1Cl. The summed E-state index contributed by atoms with van der Waals surface area (Å²) in [6.45, 7) is 1.33. The molecule has 0 aliphatic carbocycles. The van der Waals surface area contributed by atoms with Crippen LogP contribution in [-0.2, 0) is 11.2 Å². The van der Waals surface area contributed by atoms with Crippen molar-refractivity contribution in [3.63, 3.8) is 0 Å². The van der Waals surface area contributed by atoms with Gasteiger partial charge in [0.15, 0.2) is 0 Å².